The highest BCUT2D eigenvalue weighted by molar-refractivity contribution is 5.72. The van der Waals surface area contributed by atoms with Gasteiger partial charge in [-0.3, -0.25) is 9.69 Å². The highest BCUT2D eigenvalue weighted by Gasteiger charge is 2.26. The second-order valence-electron chi connectivity index (χ2n) is 5.44. The average Bonchev–Trinajstić information content (AvgIpc) is 2.51. The quantitative estimate of drug-likeness (QED) is 0.820. The maximum absolute atomic E-state index is 11.5. The van der Waals surface area contributed by atoms with E-state index in [1.165, 1.54) is 7.11 Å². The van der Waals surface area contributed by atoms with E-state index in [9.17, 15) is 9.90 Å². The van der Waals surface area contributed by atoms with Crippen LogP contribution >= 0.6 is 0 Å². The van der Waals surface area contributed by atoms with Crippen LogP contribution in [0.5, 0.6) is 0 Å². The van der Waals surface area contributed by atoms with Crippen molar-refractivity contribution in [3.8, 4) is 0 Å². The Labute approximate surface area is 125 Å². The van der Waals surface area contributed by atoms with Crippen LogP contribution in [0.4, 0.5) is 0 Å². The van der Waals surface area contributed by atoms with Crippen LogP contribution < -0.4 is 0 Å². The van der Waals surface area contributed by atoms with Crippen LogP contribution in [-0.4, -0.2) is 55.0 Å². The van der Waals surface area contributed by atoms with Gasteiger partial charge in [0.2, 0.25) is 0 Å². The first-order valence-corrected chi connectivity index (χ1v) is 7.24. The molecule has 1 aliphatic heterocycles. The van der Waals surface area contributed by atoms with Crippen molar-refractivity contribution in [3.63, 3.8) is 0 Å². The summed E-state index contributed by atoms with van der Waals surface area (Å²) in [5.74, 6) is -0.231. The molecule has 1 heterocycles. The van der Waals surface area contributed by atoms with Gasteiger partial charge in [0.1, 0.15) is 0 Å². The number of rotatable bonds is 5. The zero-order valence-electron chi connectivity index (χ0n) is 12.6. The van der Waals surface area contributed by atoms with Crippen LogP contribution in [0, 0.1) is 0 Å². The molecule has 1 saturated heterocycles. The lowest BCUT2D eigenvalue weighted by atomic mass is 10.0. The molecule has 2 rings (SSSR count). The van der Waals surface area contributed by atoms with E-state index in [0.29, 0.717) is 19.2 Å². The highest BCUT2D eigenvalue weighted by atomic mass is 16.5. The molecular weight excluding hydrogens is 270 g/mol. The fourth-order valence-corrected chi connectivity index (χ4v) is 2.54. The van der Waals surface area contributed by atoms with Crippen molar-refractivity contribution < 1.29 is 19.4 Å². The molecule has 1 N–H and O–H groups in total. The third kappa shape index (κ3) is 4.27. The minimum absolute atomic E-state index is 0.0347. The minimum atomic E-state index is -0.231. The molecule has 1 aliphatic rings. The van der Waals surface area contributed by atoms with E-state index in [1.807, 2.05) is 24.3 Å². The van der Waals surface area contributed by atoms with E-state index in [1.54, 1.807) is 0 Å². The number of benzene rings is 1. The van der Waals surface area contributed by atoms with Crippen LogP contribution in [0.15, 0.2) is 24.3 Å². The first kappa shape index (κ1) is 15.9. The summed E-state index contributed by atoms with van der Waals surface area (Å²) >= 11 is 0. The van der Waals surface area contributed by atoms with E-state index in [2.05, 4.69) is 11.8 Å². The Hall–Kier alpha value is -1.43. The summed E-state index contributed by atoms with van der Waals surface area (Å²) in [6, 6.07) is 8.19. The van der Waals surface area contributed by atoms with Crippen LogP contribution in [0.2, 0.25) is 0 Å². The molecule has 116 valence electrons. The molecule has 2 unspecified atom stereocenters. The smallest absolute Gasteiger partial charge is 0.309 e. The molecule has 2 atom stereocenters. The lowest BCUT2D eigenvalue weighted by Crippen LogP contribution is -2.48. The van der Waals surface area contributed by atoms with Gasteiger partial charge in [-0.1, -0.05) is 24.3 Å². The zero-order valence-corrected chi connectivity index (χ0v) is 12.6. The van der Waals surface area contributed by atoms with Crippen molar-refractivity contribution in [2.45, 2.75) is 32.0 Å². The van der Waals surface area contributed by atoms with E-state index in [-0.39, 0.29) is 25.1 Å². The molecule has 21 heavy (non-hydrogen) atoms. The fraction of sp³-hybridized carbons (Fsp3) is 0.562. The number of nitrogens with zero attached hydrogens (tertiary/aromatic N) is 1. The molecule has 0 spiro atoms. The number of ether oxygens (including phenoxy) is 2. The van der Waals surface area contributed by atoms with Gasteiger partial charge in [-0.2, -0.15) is 0 Å². The van der Waals surface area contributed by atoms with Gasteiger partial charge in [0, 0.05) is 19.1 Å². The first-order chi connectivity index (χ1) is 10.1. The summed E-state index contributed by atoms with van der Waals surface area (Å²) in [6.07, 6.45) is 0.156. The van der Waals surface area contributed by atoms with Gasteiger partial charge in [-0.15, -0.1) is 0 Å². The van der Waals surface area contributed by atoms with Gasteiger partial charge >= 0.3 is 5.97 Å². The summed E-state index contributed by atoms with van der Waals surface area (Å²) in [5, 5.41) is 9.25. The lowest BCUT2D eigenvalue weighted by molar-refractivity contribution is -0.139. The number of carbonyl (C=O) groups excluding carboxylic acids is 1. The van der Waals surface area contributed by atoms with Crippen molar-refractivity contribution >= 4 is 5.97 Å². The van der Waals surface area contributed by atoms with Crippen molar-refractivity contribution in [1.29, 1.82) is 0 Å². The predicted molar refractivity (Wildman–Crippen MR) is 78.9 cm³/mol. The number of aliphatic hydroxyl groups is 1. The SMILES string of the molecule is COC(=O)Cc1ccccc1CN1CC(CO)OCC1C. The molecule has 0 saturated carbocycles. The van der Waals surface area contributed by atoms with Crippen LogP contribution in [0.25, 0.3) is 0 Å². The van der Waals surface area contributed by atoms with Gasteiger partial charge in [0.05, 0.1) is 32.8 Å². The highest BCUT2D eigenvalue weighted by Crippen LogP contribution is 2.18. The minimum Gasteiger partial charge on any atom is -0.469 e. The first-order valence-electron chi connectivity index (χ1n) is 7.24. The van der Waals surface area contributed by atoms with Crippen molar-refractivity contribution in [2.75, 3.05) is 26.9 Å². The van der Waals surface area contributed by atoms with Crippen molar-refractivity contribution in [1.82, 2.24) is 4.90 Å². The normalized spacial score (nSPS) is 23.0. The van der Waals surface area contributed by atoms with Crippen LogP contribution in [-0.2, 0) is 27.2 Å². The lowest BCUT2D eigenvalue weighted by Gasteiger charge is -2.37. The van der Waals surface area contributed by atoms with Gasteiger partial charge in [-0.25, -0.2) is 0 Å². The van der Waals surface area contributed by atoms with Gasteiger partial charge in [0.15, 0.2) is 0 Å². The number of esters is 1. The third-order valence-corrected chi connectivity index (χ3v) is 3.89. The van der Waals surface area contributed by atoms with Crippen molar-refractivity contribution in [2.24, 2.45) is 0 Å². The van der Waals surface area contributed by atoms with E-state index >= 15 is 0 Å². The second kappa shape index (κ2) is 7.54. The monoisotopic (exact) mass is 293 g/mol. The van der Waals surface area contributed by atoms with Crippen LogP contribution in [0.1, 0.15) is 18.1 Å². The van der Waals surface area contributed by atoms with Crippen molar-refractivity contribution in [3.05, 3.63) is 35.4 Å². The van der Waals surface area contributed by atoms with Crippen LogP contribution in [0.3, 0.4) is 0 Å². The Kier molecular flexibility index (Phi) is 5.73. The molecule has 0 aromatic heterocycles. The summed E-state index contributed by atoms with van der Waals surface area (Å²) < 4.78 is 10.3. The molecule has 0 amide bonds. The third-order valence-electron chi connectivity index (χ3n) is 3.89. The van der Waals surface area contributed by atoms with E-state index < -0.39 is 0 Å². The summed E-state index contributed by atoms with van der Waals surface area (Å²) in [7, 11) is 1.40. The number of carbonyl (C=O) groups is 1. The number of aliphatic hydroxyl groups excluding tert-OH is 1. The molecule has 1 aromatic carbocycles. The number of methoxy groups -OCH3 is 1. The average molecular weight is 293 g/mol. The Morgan fingerprint density at radius 3 is 2.81 bits per heavy atom. The second-order valence-corrected chi connectivity index (χ2v) is 5.44. The number of hydrogen-bond acceptors (Lipinski definition) is 5. The molecule has 1 aromatic rings. The topological polar surface area (TPSA) is 59.0 Å². The molecule has 5 nitrogen and oxygen atoms in total. The number of morpholine rings is 1. The molecule has 0 aliphatic carbocycles. The predicted octanol–water partition coefficient (Wildman–Crippen LogP) is 0.984. The Morgan fingerprint density at radius 1 is 1.43 bits per heavy atom. The van der Waals surface area contributed by atoms with Gasteiger partial charge in [-0.05, 0) is 18.1 Å². The summed E-state index contributed by atoms with van der Waals surface area (Å²) in [4.78, 5) is 13.8. The molecule has 1 fully saturated rings. The van der Waals surface area contributed by atoms with Gasteiger partial charge < -0.3 is 14.6 Å². The molecule has 5 heteroatoms. The maximum atomic E-state index is 11.5. The largest absolute Gasteiger partial charge is 0.469 e. The summed E-state index contributed by atoms with van der Waals surface area (Å²) in [5.41, 5.74) is 2.11. The standard InChI is InChI=1S/C16H23NO4/c1-12-11-21-15(10-18)9-17(12)8-14-6-4-3-5-13(14)7-16(19)20-2/h3-6,12,15,18H,7-11H2,1-2H3. The Bertz CT molecular complexity index is 477. The molecule has 0 radical (unpaired) electrons. The maximum Gasteiger partial charge on any atom is 0.309 e. The van der Waals surface area contributed by atoms with Gasteiger partial charge in [0.25, 0.3) is 0 Å². The molecule has 0 bridgehead atoms. The Balaban J connectivity index is 2.09. The fourth-order valence-electron chi connectivity index (χ4n) is 2.54. The molecular formula is C16H23NO4. The zero-order chi connectivity index (χ0) is 15.2. The van der Waals surface area contributed by atoms with E-state index in [0.717, 1.165) is 17.7 Å². The Morgan fingerprint density at radius 2 is 2.14 bits per heavy atom. The number of hydrogen-bond donors (Lipinski definition) is 1. The summed E-state index contributed by atoms with van der Waals surface area (Å²) in [6.45, 7) is 4.20. The van der Waals surface area contributed by atoms with E-state index in [4.69, 9.17) is 9.47 Å².